The zero-order valence-corrected chi connectivity index (χ0v) is 24.4. The largest absolute Gasteiger partial charge is 0.400 e. The smallest absolute Gasteiger partial charge is 0.261 e. The molecule has 1 atom stereocenters. The second-order valence-electron chi connectivity index (χ2n) is 9.48. The summed E-state index contributed by atoms with van der Waals surface area (Å²) in [7, 11) is -2.65. The highest BCUT2D eigenvalue weighted by molar-refractivity contribution is 14.1. The Kier molecular flexibility index (Phi) is 8.89. The average molecular weight is 588 g/mol. The number of hydrogen-bond donors (Lipinski definition) is 0. The number of allylic oxidation sites excluding steroid dienone is 1. The summed E-state index contributed by atoms with van der Waals surface area (Å²) in [5.41, 5.74) is 2.23. The minimum absolute atomic E-state index is 0.0389. The van der Waals surface area contributed by atoms with Crippen molar-refractivity contribution in [1.82, 2.24) is 4.98 Å². The predicted octanol–water partition coefficient (Wildman–Crippen LogP) is 7.53. The Bertz CT molecular complexity index is 1060. The van der Waals surface area contributed by atoms with E-state index in [2.05, 4.69) is 147 Å². The molecule has 0 radical (unpaired) electrons. The third-order valence-electron chi connectivity index (χ3n) is 5.87. The van der Waals surface area contributed by atoms with Crippen LogP contribution in [0.1, 0.15) is 51.7 Å². The predicted molar refractivity (Wildman–Crippen MR) is 155 cm³/mol. The molecule has 3 aromatic rings. The number of aryl methyl sites for hydroxylation is 1. The first-order valence-electron chi connectivity index (χ1n) is 11.3. The maximum atomic E-state index is 7.46. The molecule has 2 nitrogen and oxygen atoms in total. The van der Waals surface area contributed by atoms with E-state index >= 15 is 0 Å². The number of benzene rings is 2. The van der Waals surface area contributed by atoms with Crippen LogP contribution in [0.3, 0.4) is 0 Å². The van der Waals surface area contributed by atoms with Gasteiger partial charge < -0.3 is 4.43 Å². The van der Waals surface area contributed by atoms with E-state index in [4.69, 9.17) is 4.43 Å². The average Bonchev–Trinajstić information content (AvgIpc) is 3.18. The first-order chi connectivity index (χ1) is 15.6. The molecule has 0 fully saturated rings. The highest BCUT2D eigenvalue weighted by Crippen LogP contribution is 2.39. The SMILES string of the molecule is CC(I)=CC[C@H](O[Si](c1ccccc1)(c1ccccc1)C(C)(C)C)C(C)=Cc1csc(C)n1. The van der Waals surface area contributed by atoms with E-state index in [0.717, 1.165) is 17.1 Å². The van der Waals surface area contributed by atoms with Crippen molar-refractivity contribution in [3.05, 3.63) is 92.0 Å². The first kappa shape index (κ1) is 26.1. The molecular weight excluding hydrogens is 553 g/mol. The summed E-state index contributed by atoms with van der Waals surface area (Å²) in [6, 6.07) is 21.7. The Labute approximate surface area is 218 Å². The van der Waals surface area contributed by atoms with Gasteiger partial charge in [0.2, 0.25) is 0 Å². The van der Waals surface area contributed by atoms with Gasteiger partial charge >= 0.3 is 0 Å². The lowest BCUT2D eigenvalue weighted by Gasteiger charge is -2.45. The van der Waals surface area contributed by atoms with Gasteiger partial charge in [0, 0.05) is 5.38 Å². The van der Waals surface area contributed by atoms with Crippen LogP contribution in [-0.2, 0) is 4.43 Å². The molecular formula is C28H34INOSSi. The van der Waals surface area contributed by atoms with Gasteiger partial charge in [0.05, 0.1) is 16.8 Å². The number of rotatable bonds is 8. The van der Waals surface area contributed by atoms with Crippen LogP contribution in [0.5, 0.6) is 0 Å². The van der Waals surface area contributed by atoms with Gasteiger partial charge in [-0.3, -0.25) is 0 Å². The summed E-state index contributed by atoms with van der Waals surface area (Å²) in [5, 5.41) is 5.76. The highest BCUT2D eigenvalue weighted by Gasteiger charge is 2.51. The molecule has 33 heavy (non-hydrogen) atoms. The van der Waals surface area contributed by atoms with E-state index < -0.39 is 8.32 Å². The Hall–Kier alpha value is -1.54. The van der Waals surface area contributed by atoms with Gasteiger partial charge in [-0.05, 0) is 80.4 Å². The number of hydrogen-bond acceptors (Lipinski definition) is 3. The summed E-state index contributed by atoms with van der Waals surface area (Å²) in [6.45, 7) is 13.4. The van der Waals surface area contributed by atoms with Crippen LogP contribution < -0.4 is 10.4 Å². The molecule has 0 spiro atoms. The quantitative estimate of drug-likeness (QED) is 0.201. The van der Waals surface area contributed by atoms with E-state index in [9.17, 15) is 0 Å². The standard InChI is InChI=1S/C28H34INOSSi/c1-21(19-24-20-32-23(3)30-24)27(18-17-22(2)29)31-33(28(4,5)6,25-13-9-7-10-14-25)26-15-11-8-12-16-26/h7-17,19-20,27H,18H2,1-6H3/t27-/m0/s1. The highest BCUT2D eigenvalue weighted by atomic mass is 127. The van der Waals surface area contributed by atoms with Gasteiger partial charge in [-0.1, -0.05) is 87.5 Å². The molecule has 0 aliphatic rings. The molecule has 1 heterocycles. The molecule has 0 N–H and O–H groups in total. The van der Waals surface area contributed by atoms with Gasteiger partial charge in [0.1, 0.15) is 0 Å². The fourth-order valence-electron chi connectivity index (χ4n) is 4.27. The second kappa shape index (κ2) is 11.3. The normalized spacial score (nSPS) is 14.4. The molecule has 0 aliphatic carbocycles. The molecule has 0 aliphatic heterocycles. The second-order valence-corrected chi connectivity index (χ2v) is 16.5. The summed E-state index contributed by atoms with van der Waals surface area (Å²) >= 11 is 4.08. The van der Waals surface area contributed by atoms with E-state index in [-0.39, 0.29) is 11.1 Å². The molecule has 0 saturated carbocycles. The third kappa shape index (κ3) is 6.32. The van der Waals surface area contributed by atoms with Crippen molar-refractivity contribution in [1.29, 1.82) is 0 Å². The fraction of sp³-hybridized carbons (Fsp3) is 0.321. The summed E-state index contributed by atoms with van der Waals surface area (Å²) in [6.07, 6.45) is 5.28. The third-order valence-corrected chi connectivity index (χ3v) is 12.1. The van der Waals surface area contributed by atoms with E-state index in [1.54, 1.807) is 11.3 Å². The lowest BCUT2D eigenvalue weighted by atomic mass is 10.1. The molecule has 0 bridgehead atoms. The zero-order valence-electron chi connectivity index (χ0n) is 20.4. The summed E-state index contributed by atoms with van der Waals surface area (Å²) < 4.78 is 8.74. The van der Waals surface area contributed by atoms with E-state index in [1.807, 2.05) is 0 Å². The molecule has 3 rings (SSSR count). The van der Waals surface area contributed by atoms with Crippen LogP contribution in [0.25, 0.3) is 6.08 Å². The van der Waals surface area contributed by atoms with E-state index in [1.165, 1.54) is 19.5 Å². The number of thiazole rings is 1. The van der Waals surface area contributed by atoms with Gasteiger partial charge in [-0.25, -0.2) is 4.98 Å². The minimum atomic E-state index is -2.65. The maximum absolute atomic E-state index is 7.46. The van der Waals surface area contributed by atoms with Crippen LogP contribution in [-0.4, -0.2) is 19.4 Å². The van der Waals surface area contributed by atoms with Crippen LogP contribution >= 0.6 is 33.9 Å². The van der Waals surface area contributed by atoms with Gasteiger partial charge in [0.15, 0.2) is 0 Å². The number of nitrogens with zero attached hydrogens (tertiary/aromatic N) is 1. The van der Waals surface area contributed by atoms with Crippen molar-refractivity contribution >= 4 is 58.7 Å². The summed E-state index contributed by atoms with van der Waals surface area (Å²) in [5.74, 6) is 0. The van der Waals surface area contributed by atoms with Crippen LogP contribution in [0, 0.1) is 6.92 Å². The maximum Gasteiger partial charge on any atom is 0.261 e. The Balaban J connectivity index is 2.18. The van der Waals surface area contributed by atoms with Crippen molar-refractivity contribution in [2.75, 3.05) is 0 Å². The minimum Gasteiger partial charge on any atom is -0.400 e. The lowest BCUT2D eigenvalue weighted by Crippen LogP contribution is -2.67. The van der Waals surface area contributed by atoms with E-state index in [0.29, 0.717) is 0 Å². The van der Waals surface area contributed by atoms with Crippen molar-refractivity contribution in [2.45, 2.75) is 59.1 Å². The van der Waals surface area contributed by atoms with Crippen molar-refractivity contribution < 1.29 is 4.43 Å². The Morgan fingerprint density at radius 2 is 1.58 bits per heavy atom. The van der Waals surface area contributed by atoms with Gasteiger partial charge in [-0.2, -0.15) is 0 Å². The van der Waals surface area contributed by atoms with Crippen LogP contribution in [0.2, 0.25) is 5.04 Å². The van der Waals surface area contributed by atoms with Crippen molar-refractivity contribution in [3.63, 3.8) is 0 Å². The molecule has 174 valence electrons. The Morgan fingerprint density at radius 1 is 1.03 bits per heavy atom. The Morgan fingerprint density at radius 3 is 2.00 bits per heavy atom. The van der Waals surface area contributed by atoms with Crippen LogP contribution in [0.15, 0.2) is 81.3 Å². The molecule has 0 saturated heterocycles. The van der Waals surface area contributed by atoms with Gasteiger partial charge in [-0.15, -0.1) is 11.3 Å². The van der Waals surface area contributed by atoms with Gasteiger partial charge in [0.25, 0.3) is 8.32 Å². The summed E-state index contributed by atoms with van der Waals surface area (Å²) in [4.78, 5) is 4.67. The first-order valence-corrected chi connectivity index (χ1v) is 15.2. The number of aromatic nitrogens is 1. The monoisotopic (exact) mass is 587 g/mol. The number of halogens is 1. The zero-order chi connectivity index (χ0) is 24.1. The van der Waals surface area contributed by atoms with Crippen LogP contribution in [0.4, 0.5) is 0 Å². The molecule has 5 heteroatoms. The molecule has 0 amide bonds. The fourth-order valence-corrected chi connectivity index (χ4v) is 9.82. The van der Waals surface area contributed by atoms with Crippen molar-refractivity contribution in [3.8, 4) is 0 Å². The topological polar surface area (TPSA) is 22.1 Å². The lowest BCUT2D eigenvalue weighted by molar-refractivity contribution is 0.225. The molecule has 1 aromatic heterocycles. The molecule has 0 unspecified atom stereocenters. The molecule has 2 aromatic carbocycles. The van der Waals surface area contributed by atoms with Crippen molar-refractivity contribution in [2.24, 2.45) is 0 Å².